The monoisotopic (exact) mass is 277 g/mol. The fraction of sp³-hybridized carbons (Fsp3) is 1.00. The Morgan fingerprint density at radius 1 is 0.789 bits per heavy atom. The molecule has 0 aromatic carbocycles. The van der Waals surface area contributed by atoms with Crippen molar-refractivity contribution in [2.24, 2.45) is 0 Å². The van der Waals surface area contributed by atoms with Crippen LogP contribution in [-0.4, -0.2) is 65.4 Å². The summed E-state index contributed by atoms with van der Waals surface area (Å²) < 4.78 is 21.0. The summed E-state index contributed by atoms with van der Waals surface area (Å²) in [6.07, 6.45) is 1.11. The van der Waals surface area contributed by atoms with E-state index < -0.39 is 0 Å². The highest BCUT2D eigenvalue weighted by Gasteiger charge is 2.12. The molecule has 116 valence electrons. The minimum Gasteiger partial charge on any atom is -0.382 e. The summed E-state index contributed by atoms with van der Waals surface area (Å²) in [5.41, 5.74) is 0.194. The zero-order chi connectivity index (χ0) is 14.4. The Morgan fingerprint density at radius 2 is 1.26 bits per heavy atom. The fourth-order valence-electron chi connectivity index (χ4n) is 1.27. The molecule has 0 rings (SSSR count). The van der Waals surface area contributed by atoms with Crippen LogP contribution in [-0.2, 0) is 18.9 Å². The molecule has 0 atom stereocenters. The minimum absolute atomic E-state index is 0.194. The van der Waals surface area contributed by atoms with Crippen LogP contribution in [0, 0.1) is 0 Å². The first-order valence-corrected chi connectivity index (χ1v) is 7.09. The van der Waals surface area contributed by atoms with Crippen molar-refractivity contribution >= 4 is 0 Å². The van der Waals surface area contributed by atoms with Gasteiger partial charge in [-0.25, -0.2) is 0 Å². The molecule has 0 spiro atoms. The Kier molecular flexibility index (Phi) is 12.7. The quantitative estimate of drug-likeness (QED) is 0.487. The van der Waals surface area contributed by atoms with E-state index in [-0.39, 0.29) is 5.54 Å². The highest BCUT2D eigenvalue weighted by atomic mass is 16.6. The van der Waals surface area contributed by atoms with Gasteiger partial charge in [0.15, 0.2) is 0 Å². The van der Waals surface area contributed by atoms with Crippen molar-refractivity contribution in [1.82, 2.24) is 5.32 Å². The van der Waals surface area contributed by atoms with Crippen LogP contribution in [0.25, 0.3) is 0 Å². The van der Waals surface area contributed by atoms with Gasteiger partial charge in [0.2, 0.25) is 0 Å². The highest BCUT2D eigenvalue weighted by Crippen LogP contribution is 2.05. The molecule has 0 aliphatic heterocycles. The first kappa shape index (κ1) is 18.8. The van der Waals surface area contributed by atoms with Crippen molar-refractivity contribution in [3.05, 3.63) is 0 Å². The van der Waals surface area contributed by atoms with Crippen molar-refractivity contribution in [3.63, 3.8) is 0 Å². The molecule has 0 unspecified atom stereocenters. The summed E-state index contributed by atoms with van der Waals surface area (Å²) in [6, 6.07) is 0. The lowest BCUT2D eigenvalue weighted by Crippen LogP contribution is -2.40. The van der Waals surface area contributed by atoms with Crippen LogP contribution in [0.2, 0.25) is 0 Å². The summed E-state index contributed by atoms with van der Waals surface area (Å²) in [5, 5.41) is 3.44. The number of methoxy groups -OCH3 is 1. The highest BCUT2D eigenvalue weighted by molar-refractivity contribution is 4.74. The lowest BCUT2D eigenvalue weighted by atomic mass is 10.0. The van der Waals surface area contributed by atoms with Gasteiger partial charge in [0.25, 0.3) is 0 Å². The average Bonchev–Trinajstić information content (AvgIpc) is 2.40. The molecule has 0 fully saturated rings. The van der Waals surface area contributed by atoms with Crippen molar-refractivity contribution in [1.29, 1.82) is 0 Å². The Labute approximate surface area is 117 Å². The first-order chi connectivity index (χ1) is 9.12. The normalized spacial score (nSPS) is 12.0. The third kappa shape index (κ3) is 14.0. The fourth-order valence-corrected chi connectivity index (χ4v) is 1.27. The van der Waals surface area contributed by atoms with Crippen LogP contribution in [0.3, 0.4) is 0 Å². The van der Waals surface area contributed by atoms with Crippen LogP contribution in [0.4, 0.5) is 0 Å². The van der Waals surface area contributed by atoms with E-state index in [4.69, 9.17) is 18.9 Å². The third-order valence-corrected chi connectivity index (χ3v) is 2.91. The van der Waals surface area contributed by atoms with Crippen LogP contribution in [0.1, 0.15) is 27.2 Å². The Hall–Kier alpha value is -0.200. The van der Waals surface area contributed by atoms with Crippen molar-refractivity contribution in [2.45, 2.75) is 32.7 Å². The number of hydrogen-bond donors (Lipinski definition) is 1. The maximum absolute atomic E-state index is 5.47. The molecule has 0 heterocycles. The second-order valence-electron chi connectivity index (χ2n) is 4.99. The van der Waals surface area contributed by atoms with E-state index in [1.807, 2.05) is 0 Å². The molecule has 0 amide bonds. The van der Waals surface area contributed by atoms with E-state index in [9.17, 15) is 0 Å². The van der Waals surface area contributed by atoms with E-state index >= 15 is 0 Å². The van der Waals surface area contributed by atoms with E-state index in [0.29, 0.717) is 39.6 Å². The summed E-state index contributed by atoms with van der Waals surface area (Å²) in [7, 11) is 1.66. The molecule has 0 aliphatic carbocycles. The number of ether oxygens (including phenoxy) is 4. The van der Waals surface area contributed by atoms with E-state index in [2.05, 4.69) is 26.1 Å². The second kappa shape index (κ2) is 12.8. The maximum atomic E-state index is 5.47. The number of hydrogen-bond acceptors (Lipinski definition) is 5. The molecular weight excluding hydrogens is 246 g/mol. The Balaban J connectivity index is 3.07. The molecule has 0 aromatic rings. The summed E-state index contributed by atoms with van der Waals surface area (Å²) >= 11 is 0. The van der Waals surface area contributed by atoms with Gasteiger partial charge in [0, 0.05) is 19.2 Å². The minimum atomic E-state index is 0.194. The van der Waals surface area contributed by atoms with Gasteiger partial charge in [-0.2, -0.15) is 0 Å². The van der Waals surface area contributed by atoms with Gasteiger partial charge in [0.05, 0.1) is 46.2 Å². The molecule has 0 saturated carbocycles. The van der Waals surface area contributed by atoms with Crippen LogP contribution in [0.5, 0.6) is 0 Å². The lowest BCUT2D eigenvalue weighted by molar-refractivity contribution is 0.00365. The largest absolute Gasteiger partial charge is 0.382 e. The smallest absolute Gasteiger partial charge is 0.0701 e. The Bertz CT molecular complexity index is 188. The van der Waals surface area contributed by atoms with E-state index in [1.165, 1.54) is 0 Å². The van der Waals surface area contributed by atoms with Gasteiger partial charge in [-0.3, -0.25) is 0 Å². The average molecular weight is 277 g/mol. The van der Waals surface area contributed by atoms with E-state index in [1.54, 1.807) is 7.11 Å². The van der Waals surface area contributed by atoms with Gasteiger partial charge in [-0.15, -0.1) is 0 Å². The molecular formula is C14H31NO4. The molecule has 0 aliphatic rings. The molecule has 0 bridgehead atoms. The molecule has 0 aromatic heterocycles. The second-order valence-corrected chi connectivity index (χ2v) is 4.99. The predicted molar refractivity (Wildman–Crippen MR) is 76.7 cm³/mol. The molecule has 19 heavy (non-hydrogen) atoms. The van der Waals surface area contributed by atoms with Gasteiger partial charge < -0.3 is 24.3 Å². The van der Waals surface area contributed by atoms with Crippen LogP contribution < -0.4 is 5.32 Å². The van der Waals surface area contributed by atoms with Crippen LogP contribution in [0.15, 0.2) is 0 Å². The van der Waals surface area contributed by atoms with Gasteiger partial charge in [-0.1, -0.05) is 6.92 Å². The Morgan fingerprint density at radius 3 is 1.74 bits per heavy atom. The zero-order valence-corrected chi connectivity index (χ0v) is 13.0. The van der Waals surface area contributed by atoms with Gasteiger partial charge in [0.1, 0.15) is 0 Å². The van der Waals surface area contributed by atoms with Gasteiger partial charge >= 0.3 is 0 Å². The lowest BCUT2D eigenvalue weighted by Gasteiger charge is -2.24. The maximum Gasteiger partial charge on any atom is 0.0701 e. The van der Waals surface area contributed by atoms with Crippen molar-refractivity contribution < 1.29 is 18.9 Å². The summed E-state index contributed by atoms with van der Waals surface area (Å²) in [4.78, 5) is 0. The van der Waals surface area contributed by atoms with Crippen molar-refractivity contribution in [2.75, 3.05) is 59.9 Å². The molecule has 5 nitrogen and oxygen atoms in total. The SMILES string of the molecule is CCC(C)(C)NCCOCCOCCOCCOC. The molecule has 0 saturated heterocycles. The zero-order valence-electron chi connectivity index (χ0n) is 13.0. The van der Waals surface area contributed by atoms with E-state index in [0.717, 1.165) is 19.6 Å². The topological polar surface area (TPSA) is 49.0 Å². The number of rotatable bonds is 14. The number of nitrogens with one attached hydrogen (secondary N) is 1. The first-order valence-electron chi connectivity index (χ1n) is 7.09. The van der Waals surface area contributed by atoms with Gasteiger partial charge in [-0.05, 0) is 20.3 Å². The van der Waals surface area contributed by atoms with Crippen molar-refractivity contribution in [3.8, 4) is 0 Å². The summed E-state index contributed by atoms with van der Waals surface area (Å²) in [6.45, 7) is 11.9. The standard InChI is InChI=1S/C14H31NO4/c1-5-14(2,3)15-6-7-17-10-11-19-13-12-18-9-8-16-4/h15H,5-13H2,1-4H3. The van der Waals surface area contributed by atoms with Crippen LogP contribution >= 0.6 is 0 Å². The predicted octanol–water partition coefficient (Wildman–Crippen LogP) is 1.46. The third-order valence-electron chi connectivity index (χ3n) is 2.91. The molecule has 0 radical (unpaired) electrons. The molecule has 5 heteroatoms. The molecule has 1 N–H and O–H groups in total. The summed E-state index contributed by atoms with van der Waals surface area (Å²) in [5.74, 6) is 0.